The molecule has 0 amide bonds. The molecule has 4 N–H and O–H groups in total. The number of nitrogens with zero attached hydrogens (tertiary/aromatic N) is 1. The molecule has 0 bridgehead atoms. The van der Waals surface area contributed by atoms with Crippen molar-refractivity contribution < 1.29 is 10.0 Å². The van der Waals surface area contributed by atoms with Gasteiger partial charge in [0.15, 0.2) is 5.76 Å². The highest BCUT2D eigenvalue weighted by molar-refractivity contribution is 5.27. The number of hydrogen-bond acceptors (Lipinski definition) is 6. The molecule has 0 aromatic heterocycles. The van der Waals surface area contributed by atoms with Crippen molar-refractivity contribution in [2.45, 2.75) is 0 Å². The van der Waals surface area contributed by atoms with Crippen molar-refractivity contribution in [3.63, 3.8) is 0 Å². The Bertz CT molecular complexity index is 235. The number of hydrogen-bond donors (Lipinski definition) is 3. The first-order valence-electron chi connectivity index (χ1n) is 3.40. The van der Waals surface area contributed by atoms with Gasteiger partial charge in [-0.2, -0.15) is 5.90 Å². The van der Waals surface area contributed by atoms with E-state index in [-0.39, 0.29) is 18.0 Å². The first-order chi connectivity index (χ1) is 6.29. The van der Waals surface area contributed by atoms with Crippen LogP contribution in [0.5, 0.6) is 0 Å². The number of nitrogens with one attached hydrogen (secondary N) is 1. The third kappa shape index (κ3) is 4.16. The molecule has 0 saturated heterocycles. The van der Waals surface area contributed by atoms with Crippen molar-refractivity contribution in [3.8, 4) is 0 Å². The second-order valence-electron chi connectivity index (χ2n) is 1.93. The van der Waals surface area contributed by atoms with E-state index in [1.807, 2.05) is 5.48 Å². The number of rotatable bonds is 6. The molecule has 0 fully saturated rings. The van der Waals surface area contributed by atoms with Gasteiger partial charge in [-0.3, -0.25) is 0 Å². The maximum atomic E-state index is 10.2. The van der Waals surface area contributed by atoms with Gasteiger partial charge in [-0.15, -0.1) is 4.91 Å². The summed E-state index contributed by atoms with van der Waals surface area (Å²) in [5, 5.41) is 10.9. The van der Waals surface area contributed by atoms with Crippen molar-refractivity contribution in [1.82, 2.24) is 5.48 Å². The number of allylic oxidation sites excluding steroid dienone is 2. The van der Waals surface area contributed by atoms with Crippen LogP contribution in [0.15, 0.2) is 41.4 Å². The lowest BCUT2D eigenvalue weighted by Crippen LogP contribution is -2.08. The van der Waals surface area contributed by atoms with Crippen molar-refractivity contribution in [3.05, 3.63) is 41.2 Å². The van der Waals surface area contributed by atoms with E-state index in [2.05, 4.69) is 16.6 Å². The summed E-state index contributed by atoms with van der Waals surface area (Å²) in [6.45, 7) is 3.47. The van der Waals surface area contributed by atoms with Gasteiger partial charge < -0.3 is 10.0 Å². The average Bonchev–Trinajstić information content (AvgIpc) is 2.17. The van der Waals surface area contributed by atoms with Crippen LogP contribution in [0.3, 0.4) is 0 Å². The van der Waals surface area contributed by atoms with Gasteiger partial charge in [0.1, 0.15) is 5.70 Å². The van der Waals surface area contributed by atoms with Crippen LogP contribution >= 0.6 is 0 Å². The van der Waals surface area contributed by atoms with E-state index in [1.165, 1.54) is 18.2 Å². The van der Waals surface area contributed by atoms with Crippen LogP contribution in [-0.4, -0.2) is 11.8 Å². The lowest BCUT2D eigenvalue weighted by Gasteiger charge is -2.01. The van der Waals surface area contributed by atoms with E-state index < -0.39 is 0 Å². The van der Waals surface area contributed by atoms with Crippen molar-refractivity contribution in [2.75, 3.05) is 6.54 Å². The van der Waals surface area contributed by atoms with E-state index in [9.17, 15) is 4.91 Å². The Hall–Kier alpha value is -1.50. The topological polar surface area (TPSA) is 96.9 Å². The second-order valence-corrected chi connectivity index (χ2v) is 1.93. The highest BCUT2D eigenvalue weighted by atomic mass is 16.6. The lowest BCUT2D eigenvalue weighted by atomic mass is 10.3. The Labute approximate surface area is 75.3 Å². The van der Waals surface area contributed by atoms with Crippen LogP contribution < -0.4 is 11.4 Å². The summed E-state index contributed by atoms with van der Waals surface area (Å²) in [5.74, 6) is 4.95. The van der Waals surface area contributed by atoms with Crippen molar-refractivity contribution >= 4 is 0 Å². The predicted molar refractivity (Wildman–Crippen MR) is 47.2 cm³/mol. The van der Waals surface area contributed by atoms with Gasteiger partial charge in [-0.05, 0) is 17.3 Å². The molecule has 0 atom stereocenters. The molecular formula is C7H11N3O3. The van der Waals surface area contributed by atoms with Gasteiger partial charge in [-0.1, -0.05) is 12.7 Å². The molecule has 6 heteroatoms. The van der Waals surface area contributed by atoms with E-state index in [0.29, 0.717) is 0 Å². The molecule has 0 aliphatic carbocycles. The highest BCUT2D eigenvalue weighted by Crippen LogP contribution is 2.10. The summed E-state index contributed by atoms with van der Waals surface area (Å²) in [6, 6.07) is 0. The molecule has 6 nitrogen and oxygen atoms in total. The zero-order chi connectivity index (χ0) is 10.1. The molecular weight excluding hydrogens is 174 g/mol. The molecule has 0 aliphatic heterocycles. The monoisotopic (exact) mass is 185 g/mol. The number of nitroso groups, excluding NO2 is 1. The Morgan fingerprint density at radius 1 is 1.77 bits per heavy atom. The first-order valence-corrected chi connectivity index (χ1v) is 3.40. The van der Waals surface area contributed by atoms with Gasteiger partial charge >= 0.3 is 0 Å². The summed E-state index contributed by atoms with van der Waals surface area (Å²) < 4.78 is 0. The van der Waals surface area contributed by atoms with E-state index in [4.69, 9.17) is 11.1 Å². The summed E-state index contributed by atoms with van der Waals surface area (Å²) in [6.07, 6.45) is 4.09. The van der Waals surface area contributed by atoms with Crippen molar-refractivity contribution in [1.29, 1.82) is 0 Å². The minimum Gasteiger partial charge on any atom is -0.409 e. The smallest absolute Gasteiger partial charge is 0.175 e. The second kappa shape index (κ2) is 7.17. The van der Waals surface area contributed by atoms with Crippen LogP contribution in [0.25, 0.3) is 0 Å². The third-order valence-electron chi connectivity index (χ3n) is 1.13. The summed E-state index contributed by atoms with van der Waals surface area (Å²) in [4.78, 5) is 14.6. The molecule has 0 aromatic rings. The molecule has 13 heavy (non-hydrogen) atoms. The largest absolute Gasteiger partial charge is 0.409 e. The Balaban J connectivity index is 4.61. The predicted octanol–water partition coefficient (Wildman–Crippen LogP) is 0.576. The van der Waals surface area contributed by atoms with Crippen LogP contribution in [0.1, 0.15) is 0 Å². The number of hydroxylamine groups is 1. The molecule has 0 aromatic carbocycles. The van der Waals surface area contributed by atoms with Crippen LogP contribution in [-0.2, 0) is 4.84 Å². The zero-order valence-electron chi connectivity index (χ0n) is 6.93. The summed E-state index contributed by atoms with van der Waals surface area (Å²) in [7, 11) is 0. The molecule has 72 valence electrons. The molecule has 0 heterocycles. The minimum atomic E-state index is -0.0102. The molecule has 0 rings (SSSR count). The maximum Gasteiger partial charge on any atom is 0.175 e. The fraction of sp³-hybridized carbons (Fsp3) is 0.143. The normalized spacial score (nSPS) is 12.5. The minimum absolute atomic E-state index is 0.0102. The average molecular weight is 185 g/mol. The fourth-order valence-corrected chi connectivity index (χ4v) is 0.617. The Morgan fingerprint density at radius 2 is 2.46 bits per heavy atom. The van der Waals surface area contributed by atoms with E-state index in [1.54, 1.807) is 0 Å². The lowest BCUT2D eigenvalue weighted by molar-refractivity contribution is 0.179. The molecule has 0 spiro atoms. The van der Waals surface area contributed by atoms with E-state index >= 15 is 0 Å². The fourth-order valence-electron chi connectivity index (χ4n) is 0.617. The summed E-state index contributed by atoms with van der Waals surface area (Å²) >= 11 is 0. The SMILES string of the molecule is C=C/C=C(ON)\C(=C/CNO)N=O. The number of nitrogens with two attached hydrogens (primary N) is 1. The van der Waals surface area contributed by atoms with Crippen LogP contribution in [0.2, 0.25) is 0 Å². The van der Waals surface area contributed by atoms with Gasteiger partial charge in [0.2, 0.25) is 0 Å². The van der Waals surface area contributed by atoms with Gasteiger partial charge in [0.25, 0.3) is 0 Å². The van der Waals surface area contributed by atoms with Gasteiger partial charge in [-0.25, -0.2) is 5.48 Å². The van der Waals surface area contributed by atoms with Crippen molar-refractivity contribution in [2.24, 2.45) is 11.1 Å². The molecule has 0 radical (unpaired) electrons. The third-order valence-corrected chi connectivity index (χ3v) is 1.13. The maximum absolute atomic E-state index is 10.2. The van der Waals surface area contributed by atoms with Crippen LogP contribution in [0.4, 0.5) is 0 Å². The Morgan fingerprint density at radius 3 is 2.85 bits per heavy atom. The first kappa shape index (κ1) is 11.5. The molecule has 0 saturated carbocycles. The Kier molecular flexibility index (Phi) is 6.34. The van der Waals surface area contributed by atoms with Gasteiger partial charge in [0.05, 0.1) is 0 Å². The molecule has 0 unspecified atom stereocenters. The zero-order valence-corrected chi connectivity index (χ0v) is 6.93. The van der Waals surface area contributed by atoms with Crippen LogP contribution in [0, 0.1) is 4.91 Å². The van der Waals surface area contributed by atoms with E-state index in [0.717, 1.165) is 0 Å². The quantitative estimate of drug-likeness (QED) is 0.243. The standard InChI is InChI=1S/C7H11N3O3/c1-2-3-7(13-8)6(10-12)4-5-9-11/h2-4,9,11H,1,5,8H2/b6-4+,7-3+. The highest BCUT2D eigenvalue weighted by Gasteiger charge is 2.04. The molecule has 0 aliphatic rings. The van der Waals surface area contributed by atoms with Gasteiger partial charge in [0, 0.05) is 6.54 Å². The summed E-state index contributed by atoms with van der Waals surface area (Å²) in [5.41, 5.74) is 1.82.